The molecule has 1 unspecified atom stereocenters. The summed E-state index contributed by atoms with van der Waals surface area (Å²) in [4.78, 5) is 4.69. The SMILES string of the molecule is C=C=C=C1C=C2C(=S)C(C(=S)NCc3ccc(Cl)cc3)=CN(CC)C2S1. The number of hydrogen-bond donors (Lipinski definition) is 1. The Morgan fingerprint density at radius 1 is 1.38 bits per heavy atom. The summed E-state index contributed by atoms with van der Waals surface area (Å²) in [5, 5.41) is 4.20. The molecule has 1 atom stereocenters. The highest BCUT2D eigenvalue weighted by Gasteiger charge is 2.35. The fourth-order valence-corrected chi connectivity index (χ4v) is 4.80. The number of likely N-dealkylation sites (N-methyl/N-ethyl adjacent to an activating group) is 1. The molecule has 2 heterocycles. The van der Waals surface area contributed by atoms with E-state index in [0.717, 1.165) is 38.0 Å². The molecule has 26 heavy (non-hydrogen) atoms. The molecule has 132 valence electrons. The molecule has 0 bridgehead atoms. The van der Waals surface area contributed by atoms with E-state index in [1.165, 1.54) is 0 Å². The van der Waals surface area contributed by atoms with Crippen molar-refractivity contribution in [2.75, 3.05) is 6.54 Å². The van der Waals surface area contributed by atoms with Gasteiger partial charge in [0.2, 0.25) is 0 Å². The van der Waals surface area contributed by atoms with Crippen LogP contribution in [0.25, 0.3) is 0 Å². The molecule has 1 aromatic carbocycles. The Morgan fingerprint density at radius 2 is 2.12 bits per heavy atom. The molecule has 1 N–H and O–H groups in total. The van der Waals surface area contributed by atoms with Gasteiger partial charge in [0.25, 0.3) is 0 Å². The largest absolute Gasteiger partial charge is 0.372 e. The van der Waals surface area contributed by atoms with E-state index < -0.39 is 0 Å². The molecule has 0 amide bonds. The number of allylic oxidation sites excluding steroid dienone is 1. The summed E-state index contributed by atoms with van der Waals surface area (Å²) in [6.07, 6.45) is 4.13. The highest BCUT2D eigenvalue weighted by Crippen LogP contribution is 2.42. The number of halogens is 1. The molecular formula is C20H17ClN2S3. The molecule has 6 heteroatoms. The van der Waals surface area contributed by atoms with Crippen LogP contribution in [0, 0.1) is 0 Å². The van der Waals surface area contributed by atoms with Crippen LogP contribution in [-0.4, -0.2) is 26.7 Å². The highest BCUT2D eigenvalue weighted by atomic mass is 35.5. The highest BCUT2D eigenvalue weighted by molar-refractivity contribution is 8.04. The van der Waals surface area contributed by atoms with Gasteiger partial charge in [-0.2, -0.15) is 0 Å². The van der Waals surface area contributed by atoms with Crippen LogP contribution < -0.4 is 5.32 Å². The second-order valence-electron chi connectivity index (χ2n) is 5.75. The van der Waals surface area contributed by atoms with Crippen LogP contribution >= 0.6 is 47.8 Å². The van der Waals surface area contributed by atoms with Crippen LogP contribution in [0.2, 0.25) is 5.02 Å². The summed E-state index contributed by atoms with van der Waals surface area (Å²) in [6.45, 7) is 7.22. The Hall–Kier alpha value is -1.58. The zero-order valence-corrected chi connectivity index (χ0v) is 17.4. The van der Waals surface area contributed by atoms with Gasteiger partial charge in [-0.3, -0.25) is 0 Å². The normalized spacial score (nSPS) is 18.5. The minimum atomic E-state index is 0.172. The molecule has 0 fully saturated rings. The number of thiocarbonyl (C=S) groups is 2. The van der Waals surface area contributed by atoms with Gasteiger partial charge in [-0.25, -0.2) is 0 Å². The summed E-state index contributed by atoms with van der Waals surface area (Å²) in [5.74, 6) is 0. The molecule has 0 spiro atoms. The smallest absolute Gasteiger partial charge is 0.109 e. The first kappa shape index (κ1) is 19.2. The van der Waals surface area contributed by atoms with Crippen molar-refractivity contribution in [3.63, 3.8) is 0 Å². The van der Waals surface area contributed by atoms with Crippen LogP contribution in [0.5, 0.6) is 0 Å². The lowest BCUT2D eigenvalue weighted by molar-refractivity contribution is 0.405. The Balaban J connectivity index is 1.80. The number of rotatable bonds is 4. The van der Waals surface area contributed by atoms with E-state index in [2.05, 4.69) is 47.5 Å². The fraction of sp³-hybridized carbons (Fsp3) is 0.200. The number of hydrogen-bond acceptors (Lipinski definition) is 4. The lowest BCUT2D eigenvalue weighted by atomic mass is 10.0. The molecule has 2 aliphatic rings. The maximum absolute atomic E-state index is 5.93. The number of fused-ring (bicyclic) bond motifs is 1. The van der Waals surface area contributed by atoms with E-state index in [0.29, 0.717) is 11.5 Å². The van der Waals surface area contributed by atoms with Gasteiger partial charge < -0.3 is 10.2 Å². The van der Waals surface area contributed by atoms with Gasteiger partial charge in [0.05, 0.1) is 9.77 Å². The standard InChI is InChI=1S/C20H17ClN2S3/c1-3-5-15-10-16-18(24)17(12-23(4-2)20(16)26-15)19(25)22-11-13-6-8-14(21)9-7-13/h6-10,12,20H,1,4,11H2,2H3,(H,22,25). The van der Waals surface area contributed by atoms with Crippen molar-refractivity contribution in [1.29, 1.82) is 0 Å². The number of nitrogens with one attached hydrogen (secondary N) is 1. The van der Waals surface area contributed by atoms with E-state index in [4.69, 9.17) is 36.0 Å². The van der Waals surface area contributed by atoms with Crippen molar-refractivity contribution >= 4 is 57.7 Å². The first-order valence-electron chi connectivity index (χ1n) is 8.11. The van der Waals surface area contributed by atoms with Gasteiger partial charge >= 0.3 is 0 Å². The van der Waals surface area contributed by atoms with Gasteiger partial charge in [0, 0.05) is 35.5 Å². The average molecular weight is 417 g/mol. The monoisotopic (exact) mass is 416 g/mol. The van der Waals surface area contributed by atoms with Crippen molar-refractivity contribution in [3.05, 3.63) is 81.2 Å². The number of nitrogens with zero attached hydrogens (tertiary/aromatic N) is 1. The number of benzene rings is 1. The zero-order chi connectivity index (χ0) is 18.7. The Kier molecular flexibility index (Phi) is 6.20. The predicted molar refractivity (Wildman–Crippen MR) is 120 cm³/mol. The second kappa shape index (κ2) is 8.41. The van der Waals surface area contributed by atoms with E-state index >= 15 is 0 Å². The average Bonchev–Trinajstić information content (AvgIpc) is 3.06. The van der Waals surface area contributed by atoms with Gasteiger partial charge in [0.1, 0.15) is 10.4 Å². The van der Waals surface area contributed by atoms with Crippen molar-refractivity contribution in [2.45, 2.75) is 18.8 Å². The van der Waals surface area contributed by atoms with Gasteiger partial charge in [0.15, 0.2) is 0 Å². The van der Waals surface area contributed by atoms with Crippen LogP contribution in [0.1, 0.15) is 12.5 Å². The summed E-state index contributed by atoms with van der Waals surface area (Å²) in [7, 11) is 0. The minimum Gasteiger partial charge on any atom is -0.372 e. The topological polar surface area (TPSA) is 15.3 Å². The van der Waals surface area contributed by atoms with Crippen molar-refractivity contribution in [3.8, 4) is 0 Å². The Bertz CT molecular complexity index is 901. The summed E-state index contributed by atoms with van der Waals surface area (Å²) >= 11 is 19.0. The molecule has 2 nitrogen and oxygen atoms in total. The Labute approximate surface area is 174 Å². The van der Waals surface area contributed by atoms with Gasteiger partial charge in [-0.1, -0.05) is 71.4 Å². The maximum Gasteiger partial charge on any atom is 0.109 e. The van der Waals surface area contributed by atoms with Crippen LogP contribution in [0.3, 0.4) is 0 Å². The Morgan fingerprint density at radius 3 is 2.77 bits per heavy atom. The quantitative estimate of drug-likeness (QED) is 0.536. The van der Waals surface area contributed by atoms with Gasteiger partial charge in [-0.05, 0) is 37.3 Å². The zero-order valence-electron chi connectivity index (χ0n) is 14.2. The summed E-state index contributed by atoms with van der Waals surface area (Å²) in [5.41, 5.74) is 8.84. The summed E-state index contributed by atoms with van der Waals surface area (Å²) < 4.78 is 0. The van der Waals surface area contributed by atoms with Crippen molar-refractivity contribution in [2.24, 2.45) is 0 Å². The van der Waals surface area contributed by atoms with E-state index in [1.807, 2.05) is 24.3 Å². The van der Waals surface area contributed by atoms with Crippen molar-refractivity contribution < 1.29 is 0 Å². The molecule has 2 aliphatic heterocycles. The molecule has 1 aromatic rings. The van der Waals surface area contributed by atoms with E-state index in [-0.39, 0.29) is 5.37 Å². The molecule has 0 saturated heterocycles. The molecule has 0 radical (unpaired) electrons. The van der Waals surface area contributed by atoms with Gasteiger partial charge in [-0.15, -0.1) is 0 Å². The number of thioether (sulfide) groups is 1. The third kappa shape index (κ3) is 4.05. The van der Waals surface area contributed by atoms with Crippen LogP contribution in [0.15, 0.2) is 70.6 Å². The molecule has 0 aliphatic carbocycles. The molecular weight excluding hydrogens is 400 g/mol. The van der Waals surface area contributed by atoms with Crippen molar-refractivity contribution in [1.82, 2.24) is 10.2 Å². The van der Waals surface area contributed by atoms with Crippen LogP contribution in [0.4, 0.5) is 0 Å². The predicted octanol–water partition coefficient (Wildman–Crippen LogP) is 5.17. The van der Waals surface area contributed by atoms with E-state index in [1.54, 1.807) is 11.8 Å². The second-order valence-corrected chi connectivity index (χ2v) is 8.12. The lowest BCUT2D eigenvalue weighted by Gasteiger charge is -2.34. The minimum absolute atomic E-state index is 0.172. The summed E-state index contributed by atoms with van der Waals surface area (Å²) in [6, 6.07) is 7.71. The third-order valence-electron chi connectivity index (χ3n) is 4.08. The molecule has 0 saturated carbocycles. The van der Waals surface area contributed by atoms with E-state index in [9.17, 15) is 0 Å². The maximum atomic E-state index is 5.93. The molecule has 0 aromatic heterocycles. The molecule has 3 rings (SSSR count). The first-order valence-corrected chi connectivity index (χ1v) is 10.2. The third-order valence-corrected chi connectivity index (χ3v) is 6.38. The first-order chi connectivity index (χ1) is 12.5. The van der Waals surface area contributed by atoms with Crippen LogP contribution in [-0.2, 0) is 6.54 Å². The fourth-order valence-electron chi connectivity index (χ4n) is 2.75. The lowest BCUT2D eigenvalue weighted by Crippen LogP contribution is -2.39.